The normalized spacial score (nSPS) is 37.3. The fourth-order valence-electron chi connectivity index (χ4n) is 2.99. The van der Waals surface area contributed by atoms with Crippen LogP contribution in [0.4, 0.5) is 0 Å². The van der Waals surface area contributed by atoms with E-state index in [0.717, 1.165) is 12.0 Å². The van der Waals surface area contributed by atoms with Crippen LogP contribution in [0.25, 0.3) is 0 Å². The van der Waals surface area contributed by atoms with Crippen LogP contribution in [0.2, 0.25) is 0 Å². The molecule has 0 N–H and O–H groups in total. The van der Waals surface area contributed by atoms with E-state index in [1.54, 1.807) is 0 Å². The summed E-state index contributed by atoms with van der Waals surface area (Å²) < 4.78 is 0. The molecule has 2 atom stereocenters. The van der Waals surface area contributed by atoms with Crippen molar-refractivity contribution in [2.24, 2.45) is 5.92 Å². The summed E-state index contributed by atoms with van der Waals surface area (Å²) in [5.74, 6) is 0.927. The molecule has 2 aliphatic heterocycles. The van der Waals surface area contributed by atoms with Crippen molar-refractivity contribution in [2.75, 3.05) is 33.2 Å². The first-order chi connectivity index (χ1) is 6.75. The quantitative estimate of drug-likeness (QED) is 0.631. The van der Waals surface area contributed by atoms with Crippen molar-refractivity contribution < 1.29 is 0 Å². The number of likely N-dealkylation sites (tertiary alicyclic amines) is 2. The monoisotopic (exact) mass is 196 g/mol. The third-order valence-electron chi connectivity index (χ3n) is 3.80. The Morgan fingerprint density at radius 2 is 1.79 bits per heavy atom. The lowest BCUT2D eigenvalue weighted by Gasteiger charge is -2.41. The zero-order chi connectivity index (χ0) is 9.97. The fourth-order valence-corrected chi connectivity index (χ4v) is 2.99. The van der Waals surface area contributed by atoms with E-state index in [4.69, 9.17) is 0 Å². The highest BCUT2D eigenvalue weighted by Crippen LogP contribution is 2.22. The molecule has 0 aromatic carbocycles. The van der Waals surface area contributed by atoms with Crippen molar-refractivity contribution >= 4 is 0 Å². The largest absolute Gasteiger partial charge is 0.305 e. The molecule has 0 aromatic heterocycles. The van der Waals surface area contributed by atoms with Gasteiger partial charge in [-0.05, 0) is 51.7 Å². The van der Waals surface area contributed by atoms with Gasteiger partial charge in [-0.25, -0.2) is 0 Å². The van der Waals surface area contributed by atoms with E-state index in [9.17, 15) is 0 Å². The Kier molecular flexibility index (Phi) is 3.45. The van der Waals surface area contributed by atoms with Crippen molar-refractivity contribution in [3.63, 3.8) is 0 Å². The highest BCUT2D eigenvalue weighted by Gasteiger charge is 2.26. The molecule has 14 heavy (non-hydrogen) atoms. The van der Waals surface area contributed by atoms with E-state index in [1.807, 2.05) is 0 Å². The summed E-state index contributed by atoms with van der Waals surface area (Å²) in [6, 6.07) is 0.858. The topological polar surface area (TPSA) is 6.48 Å². The second-order valence-electron chi connectivity index (χ2n) is 5.30. The molecule has 0 spiro atoms. The van der Waals surface area contributed by atoms with Crippen LogP contribution in [0, 0.1) is 5.92 Å². The van der Waals surface area contributed by atoms with Crippen molar-refractivity contribution in [1.82, 2.24) is 9.80 Å². The number of piperidine rings is 2. The van der Waals surface area contributed by atoms with Crippen LogP contribution in [0.15, 0.2) is 0 Å². The lowest BCUT2D eigenvalue weighted by Crippen LogP contribution is -2.49. The average Bonchev–Trinajstić information content (AvgIpc) is 2.18. The average molecular weight is 196 g/mol. The van der Waals surface area contributed by atoms with E-state index in [1.165, 1.54) is 51.9 Å². The highest BCUT2D eigenvalue weighted by atomic mass is 15.2. The van der Waals surface area contributed by atoms with Gasteiger partial charge in [-0.15, -0.1) is 0 Å². The van der Waals surface area contributed by atoms with Crippen LogP contribution in [-0.4, -0.2) is 49.1 Å². The molecule has 2 fully saturated rings. The van der Waals surface area contributed by atoms with Crippen molar-refractivity contribution in [1.29, 1.82) is 0 Å². The van der Waals surface area contributed by atoms with Gasteiger partial charge in [0.15, 0.2) is 0 Å². The second-order valence-corrected chi connectivity index (χ2v) is 5.30. The summed E-state index contributed by atoms with van der Waals surface area (Å²) in [4.78, 5) is 5.23. The number of rotatable bonds is 1. The Morgan fingerprint density at radius 1 is 1.00 bits per heavy atom. The van der Waals surface area contributed by atoms with Gasteiger partial charge in [0.25, 0.3) is 0 Å². The molecular weight excluding hydrogens is 172 g/mol. The minimum atomic E-state index is 0.858. The predicted molar refractivity (Wildman–Crippen MR) is 60.5 cm³/mol. The van der Waals surface area contributed by atoms with Gasteiger partial charge < -0.3 is 4.90 Å². The molecule has 0 bridgehead atoms. The Hall–Kier alpha value is -0.0800. The molecular formula is C12H24N2. The van der Waals surface area contributed by atoms with Crippen molar-refractivity contribution in [3.8, 4) is 0 Å². The SMILES string of the molecule is CC1CCCN(C2CCCN(C)C2)C1. The maximum Gasteiger partial charge on any atom is 0.0223 e. The molecule has 2 saturated heterocycles. The van der Waals surface area contributed by atoms with Gasteiger partial charge in [0, 0.05) is 19.1 Å². The van der Waals surface area contributed by atoms with Gasteiger partial charge in [-0.2, -0.15) is 0 Å². The van der Waals surface area contributed by atoms with Gasteiger partial charge in [-0.1, -0.05) is 6.92 Å². The molecule has 0 aliphatic carbocycles. The summed E-state index contributed by atoms with van der Waals surface area (Å²) in [6.45, 7) is 7.70. The van der Waals surface area contributed by atoms with Gasteiger partial charge in [0.2, 0.25) is 0 Å². The zero-order valence-corrected chi connectivity index (χ0v) is 9.71. The summed E-state index contributed by atoms with van der Waals surface area (Å²) >= 11 is 0. The molecule has 2 heterocycles. The smallest absolute Gasteiger partial charge is 0.0223 e. The molecule has 0 amide bonds. The van der Waals surface area contributed by atoms with Crippen LogP contribution in [0.3, 0.4) is 0 Å². The van der Waals surface area contributed by atoms with Crippen LogP contribution in [0.1, 0.15) is 32.6 Å². The van der Waals surface area contributed by atoms with Crippen LogP contribution in [0.5, 0.6) is 0 Å². The standard InChI is InChI=1S/C12H24N2/c1-11-5-3-8-14(9-11)12-6-4-7-13(2)10-12/h11-12H,3-10H2,1-2H3. The molecule has 0 aromatic rings. The zero-order valence-electron chi connectivity index (χ0n) is 9.71. The molecule has 2 aliphatic rings. The van der Waals surface area contributed by atoms with Crippen molar-refractivity contribution in [3.05, 3.63) is 0 Å². The minimum absolute atomic E-state index is 0.858. The summed E-state index contributed by atoms with van der Waals surface area (Å²) in [7, 11) is 2.26. The molecule has 2 heteroatoms. The third-order valence-corrected chi connectivity index (χ3v) is 3.80. The molecule has 82 valence electrons. The number of hydrogen-bond acceptors (Lipinski definition) is 2. The summed E-state index contributed by atoms with van der Waals surface area (Å²) in [5, 5.41) is 0. The maximum absolute atomic E-state index is 2.74. The van der Waals surface area contributed by atoms with Crippen molar-refractivity contribution in [2.45, 2.75) is 38.6 Å². The summed E-state index contributed by atoms with van der Waals surface area (Å²) in [6.07, 6.45) is 5.68. The van der Waals surface area contributed by atoms with Crippen LogP contribution in [-0.2, 0) is 0 Å². The first-order valence-corrected chi connectivity index (χ1v) is 6.18. The third kappa shape index (κ3) is 2.48. The van der Waals surface area contributed by atoms with Gasteiger partial charge in [-0.3, -0.25) is 4.90 Å². The molecule has 0 radical (unpaired) electrons. The molecule has 0 saturated carbocycles. The van der Waals surface area contributed by atoms with E-state index in [0.29, 0.717) is 0 Å². The Morgan fingerprint density at radius 3 is 2.50 bits per heavy atom. The Balaban J connectivity index is 1.86. The maximum atomic E-state index is 2.74. The van der Waals surface area contributed by atoms with E-state index in [-0.39, 0.29) is 0 Å². The number of hydrogen-bond donors (Lipinski definition) is 0. The Bertz CT molecular complexity index is 161. The summed E-state index contributed by atoms with van der Waals surface area (Å²) in [5.41, 5.74) is 0. The number of likely N-dealkylation sites (N-methyl/N-ethyl adjacent to an activating group) is 1. The second kappa shape index (κ2) is 4.63. The lowest BCUT2D eigenvalue weighted by atomic mass is 9.96. The molecule has 2 nitrogen and oxygen atoms in total. The molecule has 2 rings (SSSR count). The van der Waals surface area contributed by atoms with E-state index in [2.05, 4.69) is 23.8 Å². The predicted octanol–water partition coefficient (Wildman–Crippen LogP) is 1.81. The first kappa shape index (κ1) is 10.4. The highest BCUT2D eigenvalue weighted by molar-refractivity contribution is 4.82. The fraction of sp³-hybridized carbons (Fsp3) is 1.00. The van der Waals surface area contributed by atoms with Crippen LogP contribution < -0.4 is 0 Å². The van der Waals surface area contributed by atoms with Crippen LogP contribution >= 0.6 is 0 Å². The minimum Gasteiger partial charge on any atom is -0.305 e. The van der Waals surface area contributed by atoms with E-state index < -0.39 is 0 Å². The number of nitrogens with zero attached hydrogens (tertiary/aromatic N) is 2. The Labute approximate surface area is 88.3 Å². The van der Waals surface area contributed by atoms with E-state index >= 15 is 0 Å². The molecule has 2 unspecified atom stereocenters. The van der Waals surface area contributed by atoms with Gasteiger partial charge in [0.1, 0.15) is 0 Å². The van der Waals surface area contributed by atoms with Gasteiger partial charge in [0.05, 0.1) is 0 Å². The lowest BCUT2D eigenvalue weighted by molar-refractivity contribution is 0.0763. The first-order valence-electron chi connectivity index (χ1n) is 6.18. The van der Waals surface area contributed by atoms with Gasteiger partial charge >= 0.3 is 0 Å².